The van der Waals surface area contributed by atoms with Crippen LogP contribution in [-0.4, -0.2) is 40.8 Å². The molecular weight excluding hydrogens is 396 g/mol. The van der Waals surface area contributed by atoms with Crippen LogP contribution in [0.1, 0.15) is 31.9 Å². The number of methoxy groups -OCH3 is 1. The van der Waals surface area contributed by atoms with Gasteiger partial charge in [0.1, 0.15) is 17.5 Å². The zero-order valence-electron chi connectivity index (χ0n) is 17.9. The lowest BCUT2D eigenvalue weighted by Gasteiger charge is -2.22. The van der Waals surface area contributed by atoms with E-state index in [2.05, 4.69) is 21.4 Å². The number of alkyl carbamates (subject to hydrolysis) is 1. The number of carbonyl (C=O) groups excluding carboxylic acids is 2. The largest absolute Gasteiger partial charge is 0.467 e. The molecule has 8 nitrogen and oxygen atoms in total. The van der Waals surface area contributed by atoms with E-state index in [1.807, 2.05) is 24.3 Å². The van der Waals surface area contributed by atoms with Gasteiger partial charge in [-0.3, -0.25) is 0 Å². The molecule has 0 saturated carbocycles. The van der Waals surface area contributed by atoms with Crippen LogP contribution in [-0.2, 0) is 20.7 Å². The quantitative estimate of drug-likeness (QED) is 0.608. The van der Waals surface area contributed by atoms with Crippen molar-refractivity contribution in [2.45, 2.75) is 38.8 Å². The number of nitriles is 1. The first-order chi connectivity index (χ1) is 14.7. The Morgan fingerprint density at radius 2 is 1.90 bits per heavy atom. The normalized spacial score (nSPS) is 12.1. The zero-order valence-corrected chi connectivity index (χ0v) is 17.9. The fourth-order valence-corrected chi connectivity index (χ4v) is 3.04. The number of ether oxygens (including phenoxy) is 2. The summed E-state index contributed by atoms with van der Waals surface area (Å²) in [7, 11) is 1.27. The van der Waals surface area contributed by atoms with Crippen LogP contribution in [0.25, 0.3) is 22.4 Å². The van der Waals surface area contributed by atoms with Gasteiger partial charge in [-0.25, -0.2) is 14.6 Å². The van der Waals surface area contributed by atoms with E-state index >= 15 is 0 Å². The third kappa shape index (κ3) is 5.60. The number of aromatic amines is 1. The van der Waals surface area contributed by atoms with Gasteiger partial charge in [-0.1, -0.05) is 24.3 Å². The molecular formula is C23H24N4O4. The lowest BCUT2D eigenvalue weighted by molar-refractivity contribution is -0.143. The van der Waals surface area contributed by atoms with E-state index in [1.54, 1.807) is 39.0 Å². The lowest BCUT2D eigenvalue weighted by Crippen LogP contribution is -2.45. The first kappa shape index (κ1) is 21.8. The molecule has 0 saturated heterocycles. The molecule has 8 heteroatoms. The SMILES string of the molecule is COC(=O)[C@H](Cc1ccc(-c2nc3ccc(C#N)cc3[nH]2)cc1)NC(=O)OC(C)(C)C. The van der Waals surface area contributed by atoms with E-state index < -0.39 is 23.7 Å². The average molecular weight is 420 g/mol. The maximum atomic E-state index is 12.1. The zero-order chi connectivity index (χ0) is 22.6. The van der Waals surface area contributed by atoms with Crippen LogP contribution < -0.4 is 5.32 Å². The molecule has 0 aliphatic carbocycles. The van der Waals surface area contributed by atoms with Crippen molar-refractivity contribution < 1.29 is 19.1 Å². The van der Waals surface area contributed by atoms with Crippen molar-refractivity contribution in [3.63, 3.8) is 0 Å². The van der Waals surface area contributed by atoms with Gasteiger partial charge < -0.3 is 19.8 Å². The van der Waals surface area contributed by atoms with Gasteiger partial charge in [0.05, 0.1) is 29.8 Å². The van der Waals surface area contributed by atoms with Gasteiger partial charge in [0, 0.05) is 12.0 Å². The highest BCUT2D eigenvalue weighted by molar-refractivity contribution is 5.82. The fraction of sp³-hybridized carbons (Fsp3) is 0.304. The second-order valence-electron chi connectivity index (χ2n) is 8.05. The van der Waals surface area contributed by atoms with Crippen LogP contribution in [0.5, 0.6) is 0 Å². The molecule has 0 fully saturated rings. The fourth-order valence-electron chi connectivity index (χ4n) is 3.04. The average Bonchev–Trinajstić information content (AvgIpc) is 3.15. The summed E-state index contributed by atoms with van der Waals surface area (Å²) < 4.78 is 10.0. The Labute approximate surface area is 180 Å². The Bertz CT molecular complexity index is 1140. The maximum absolute atomic E-state index is 12.1. The van der Waals surface area contributed by atoms with E-state index in [1.165, 1.54) is 7.11 Å². The van der Waals surface area contributed by atoms with E-state index in [-0.39, 0.29) is 6.42 Å². The highest BCUT2D eigenvalue weighted by Crippen LogP contribution is 2.22. The summed E-state index contributed by atoms with van der Waals surface area (Å²) in [5.41, 5.74) is 3.12. The summed E-state index contributed by atoms with van der Waals surface area (Å²) in [4.78, 5) is 32.0. The van der Waals surface area contributed by atoms with Gasteiger partial charge in [-0.2, -0.15) is 5.26 Å². The van der Waals surface area contributed by atoms with Crippen LogP contribution in [0.2, 0.25) is 0 Å². The minimum Gasteiger partial charge on any atom is -0.467 e. The minimum atomic E-state index is -0.874. The molecule has 3 rings (SSSR count). The summed E-state index contributed by atoms with van der Waals surface area (Å²) in [5, 5.41) is 11.6. The lowest BCUT2D eigenvalue weighted by atomic mass is 10.0. The molecule has 0 aliphatic rings. The number of carbonyl (C=O) groups is 2. The van der Waals surface area contributed by atoms with E-state index in [4.69, 9.17) is 14.7 Å². The monoisotopic (exact) mass is 420 g/mol. The van der Waals surface area contributed by atoms with Crippen LogP contribution in [0, 0.1) is 11.3 Å². The molecule has 0 bridgehead atoms. The molecule has 2 aromatic carbocycles. The van der Waals surface area contributed by atoms with E-state index in [0.717, 1.165) is 22.2 Å². The number of rotatable bonds is 5. The number of nitrogens with one attached hydrogen (secondary N) is 2. The van der Waals surface area contributed by atoms with Crippen molar-refractivity contribution in [1.29, 1.82) is 5.26 Å². The smallest absolute Gasteiger partial charge is 0.408 e. The molecule has 3 aromatic rings. The predicted molar refractivity (Wildman–Crippen MR) is 115 cm³/mol. The highest BCUT2D eigenvalue weighted by atomic mass is 16.6. The van der Waals surface area contributed by atoms with Crippen molar-refractivity contribution >= 4 is 23.1 Å². The number of hydrogen-bond acceptors (Lipinski definition) is 6. The van der Waals surface area contributed by atoms with E-state index in [9.17, 15) is 9.59 Å². The van der Waals surface area contributed by atoms with Crippen molar-refractivity contribution in [2.75, 3.05) is 7.11 Å². The third-order valence-electron chi connectivity index (χ3n) is 4.45. The molecule has 0 aliphatic heterocycles. The number of esters is 1. The number of H-pyrrole nitrogens is 1. The molecule has 1 amide bonds. The van der Waals surface area contributed by atoms with E-state index in [0.29, 0.717) is 11.4 Å². The Hall–Kier alpha value is -3.86. The molecule has 0 unspecified atom stereocenters. The Balaban J connectivity index is 1.75. The van der Waals surface area contributed by atoms with Gasteiger partial charge in [0.25, 0.3) is 0 Å². The molecule has 2 N–H and O–H groups in total. The first-order valence-electron chi connectivity index (χ1n) is 9.75. The second kappa shape index (κ2) is 8.88. The van der Waals surface area contributed by atoms with Gasteiger partial charge in [-0.15, -0.1) is 0 Å². The van der Waals surface area contributed by atoms with Crippen molar-refractivity contribution in [1.82, 2.24) is 15.3 Å². The third-order valence-corrected chi connectivity index (χ3v) is 4.45. The Kier molecular flexibility index (Phi) is 6.25. The molecule has 31 heavy (non-hydrogen) atoms. The summed E-state index contributed by atoms with van der Waals surface area (Å²) in [6, 6.07) is 14.0. The molecule has 0 radical (unpaired) electrons. The minimum absolute atomic E-state index is 0.248. The standard InChI is InChI=1S/C23H24N4O4/c1-23(2,3)31-22(29)27-19(21(28)30-4)11-14-5-8-16(9-6-14)20-25-17-10-7-15(13-24)12-18(17)26-20/h5-10,12,19H,11H2,1-4H3,(H,25,26)(H,27,29)/t19-/m0/s1. The summed E-state index contributed by atoms with van der Waals surface area (Å²) >= 11 is 0. The Morgan fingerprint density at radius 3 is 2.52 bits per heavy atom. The number of imidazole rings is 1. The van der Waals surface area contributed by atoms with Crippen LogP contribution in [0.4, 0.5) is 4.79 Å². The Morgan fingerprint density at radius 1 is 1.19 bits per heavy atom. The second-order valence-corrected chi connectivity index (χ2v) is 8.05. The summed E-state index contributed by atoms with van der Waals surface area (Å²) in [5.74, 6) is 0.119. The molecule has 1 heterocycles. The number of fused-ring (bicyclic) bond motifs is 1. The number of nitrogens with zero attached hydrogens (tertiary/aromatic N) is 2. The number of aromatic nitrogens is 2. The van der Waals surface area contributed by atoms with Gasteiger partial charge >= 0.3 is 12.1 Å². The molecule has 1 atom stereocenters. The van der Waals surface area contributed by atoms with Crippen LogP contribution in [0.3, 0.4) is 0 Å². The molecule has 160 valence electrons. The number of benzene rings is 2. The van der Waals surface area contributed by atoms with Crippen molar-refractivity contribution in [3.8, 4) is 17.5 Å². The number of hydrogen-bond donors (Lipinski definition) is 2. The topological polar surface area (TPSA) is 117 Å². The van der Waals surface area contributed by atoms with Crippen molar-refractivity contribution in [2.24, 2.45) is 0 Å². The van der Waals surface area contributed by atoms with Crippen LogP contribution >= 0.6 is 0 Å². The molecule has 1 aromatic heterocycles. The van der Waals surface area contributed by atoms with Crippen molar-refractivity contribution in [3.05, 3.63) is 53.6 Å². The van der Waals surface area contributed by atoms with Gasteiger partial charge in [0.15, 0.2) is 0 Å². The van der Waals surface area contributed by atoms with Gasteiger partial charge in [-0.05, 0) is 44.5 Å². The van der Waals surface area contributed by atoms with Crippen LogP contribution in [0.15, 0.2) is 42.5 Å². The first-order valence-corrected chi connectivity index (χ1v) is 9.75. The number of amides is 1. The maximum Gasteiger partial charge on any atom is 0.408 e. The van der Waals surface area contributed by atoms with Gasteiger partial charge in [0.2, 0.25) is 0 Å². The summed E-state index contributed by atoms with van der Waals surface area (Å²) in [6.45, 7) is 5.24. The summed E-state index contributed by atoms with van der Waals surface area (Å²) in [6.07, 6.45) is -0.434. The highest BCUT2D eigenvalue weighted by Gasteiger charge is 2.25. The predicted octanol–water partition coefficient (Wildman–Crippen LogP) is 3.71. The molecule has 0 spiro atoms.